The quantitative estimate of drug-likeness (QED) is 0.559. The van der Waals surface area contributed by atoms with Gasteiger partial charge in [-0.3, -0.25) is 14.5 Å². The van der Waals surface area contributed by atoms with Crippen molar-refractivity contribution in [1.82, 2.24) is 19.7 Å². The molecule has 0 radical (unpaired) electrons. The van der Waals surface area contributed by atoms with E-state index in [1.54, 1.807) is 12.4 Å². The van der Waals surface area contributed by atoms with Crippen LogP contribution in [-0.4, -0.2) is 25.7 Å². The Balaban J connectivity index is 1.57. The molecule has 0 bridgehead atoms. The normalized spacial score (nSPS) is 16.0. The summed E-state index contributed by atoms with van der Waals surface area (Å²) in [6.45, 7) is 13.6. The minimum Gasteiger partial charge on any atom is -0.310 e. The monoisotopic (exact) mass is 451 g/mol. The molecule has 1 N–H and O–H groups in total. The maximum Gasteiger partial charge on any atom is 0.232 e. The minimum atomic E-state index is -0.346. The third-order valence-corrected chi connectivity index (χ3v) is 6.32. The summed E-state index contributed by atoms with van der Waals surface area (Å²) in [5, 5.41) is 8.04. The second-order valence-electron chi connectivity index (χ2n) is 10.5. The summed E-state index contributed by atoms with van der Waals surface area (Å²) in [4.78, 5) is 21.8. The third-order valence-electron chi connectivity index (χ3n) is 6.01. The van der Waals surface area contributed by atoms with Crippen LogP contribution in [-0.2, 0) is 23.2 Å². The van der Waals surface area contributed by atoms with Gasteiger partial charge in [0.2, 0.25) is 5.91 Å². The van der Waals surface area contributed by atoms with Crippen molar-refractivity contribution in [1.29, 1.82) is 0 Å². The smallest absolute Gasteiger partial charge is 0.232 e. The fourth-order valence-corrected chi connectivity index (χ4v) is 4.30. The largest absolute Gasteiger partial charge is 0.310 e. The van der Waals surface area contributed by atoms with Gasteiger partial charge < -0.3 is 5.32 Å². The Hall–Kier alpha value is -2.73. The van der Waals surface area contributed by atoms with E-state index in [1.807, 2.05) is 36.0 Å². The van der Waals surface area contributed by atoms with E-state index in [1.165, 1.54) is 5.69 Å². The highest BCUT2D eigenvalue weighted by Crippen LogP contribution is 2.39. The number of rotatable bonds is 4. The highest BCUT2D eigenvalue weighted by molar-refractivity contribution is 6.33. The Morgan fingerprint density at radius 2 is 1.94 bits per heavy atom. The zero-order valence-electron chi connectivity index (χ0n) is 19.5. The average Bonchev–Trinajstić information content (AvgIpc) is 3.23. The molecule has 0 saturated carbocycles. The molecular weight excluding hydrogens is 422 g/mol. The van der Waals surface area contributed by atoms with E-state index in [-0.39, 0.29) is 22.7 Å². The highest BCUT2D eigenvalue weighted by Gasteiger charge is 2.32. The van der Waals surface area contributed by atoms with E-state index in [0.717, 1.165) is 35.3 Å². The lowest BCUT2D eigenvalue weighted by Crippen LogP contribution is -2.21. The van der Waals surface area contributed by atoms with Crippen LogP contribution in [0.5, 0.6) is 0 Å². The maximum atomic E-state index is 13.0. The van der Waals surface area contributed by atoms with E-state index in [2.05, 4.69) is 55.0 Å². The van der Waals surface area contributed by atoms with E-state index < -0.39 is 0 Å². The van der Waals surface area contributed by atoms with Crippen molar-refractivity contribution < 1.29 is 4.79 Å². The van der Waals surface area contributed by atoms with Crippen molar-refractivity contribution in [3.05, 3.63) is 58.8 Å². The molecule has 0 fully saturated rings. The van der Waals surface area contributed by atoms with Crippen LogP contribution in [0, 0.1) is 5.41 Å². The number of carbonyl (C=O) groups excluding carboxylic acids is 1. The topological polar surface area (TPSA) is 72.7 Å². The first-order valence-electron chi connectivity index (χ1n) is 10.9. The van der Waals surface area contributed by atoms with Gasteiger partial charge in [0.05, 0.1) is 17.1 Å². The number of fused-ring (bicyclic) bond motifs is 1. The molecule has 0 spiro atoms. The molecule has 1 atom stereocenters. The van der Waals surface area contributed by atoms with Crippen LogP contribution in [0.15, 0.2) is 36.8 Å². The molecule has 1 aliphatic rings. The third kappa shape index (κ3) is 4.42. The Morgan fingerprint density at radius 3 is 2.66 bits per heavy atom. The lowest BCUT2D eigenvalue weighted by Gasteiger charge is -2.20. The summed E-state index contributed by atoms with van der Waals surface area (Å²) in [7, 11) is 0. The zero-order valence-corrected chi connectivity index (χ0v) is 20.3. The van der Waals surface area contributed by atoms with Crippen molar-refractivity contribution in [3.8, 4) is 11.1 Å². The van der Waals surface area contributed by atoms with Gasteiger partial charge in [0.1, 0.15) is 5.82 Å². The summed E-state index contributed by atoms with van der Waals surface area (Å²) in [6, 6.07) is 5.73. The average molecular weight is 452 g/mol. The number of halogens is 1. The number of nitrogens with zero attached hydrogens (tertiary/aromatic N) is 4. The van der Waals surface area contributed by atoms with Gasteiger partial charge in [-0.15, -0.1) is 0 Å². The molecule has 7 heteroatoms. The summed E-state index contributed by atoms with van der Waals surface area (Å²) in [6.07, 6.45) is 6.13. The first-order chi connectivity index (χ1) is 14.9. The first kappa shape index (κ1) is 22.5. The van der Waals surface area contributed by atoms with Crippen LogP contribution in [0.4, 0.5) is 5.82 Å². The summed E-state index contributed by atoms with van der Waals surface area (Å²) in [5.41, 5.74) is 4.96. The molecule has 0 aromatic carbocycles. The molecular formula is C25H30ClN5O. The zero-order chi connectivity index (χ0) is 23.3. The minimum absolute atomic E-state index is 0.0841. The summed E-state index contributed by atoms with van der Waals surface area (Å²) >= 11 is 6.50. The number of nitrogens with one attached hydrogen (secondary N) is 1. The lowest BCUT2D eigenvalue weighted by molar-refractivity contribution is -0.117. The molecule has 0 unspecified atom stereocenters. The van der Waals surface area contributed by atoms with Gasteiger partial charge >= 0.3 is 0 Å². The SMILES string of the molecule is C[C@H](C(=O)Nc1cc(-c2cnn3c2CC(C)(C)C3)c(Cl)cn1)c1ccnc(C(C)(C)C)c1. The number of carbonyl (C=O) groups is 1. The fraction of sp³-hybridized carbons (Fsp3) is 0.440. The molecule has 3 aromatic rings. The van der Waals surface area contributed by atoms with E-state index >= 15 is 0 Å². The number of anilines is 1. The maximum absolute atomic E-state index is 13.0. The van der Waals surface area contributed by atoms with Gasteiger partial charge in [0, 0.05) is 46.9 Å². The van der Waals surface area contributed by atoms with Crippen LogP contribution in [0.25, 0.3) is 11.1 Å². The van der Waals surface area contributed by atoms with Crippen LogP contribution in [0.2, 0.25) is 5.02 Å². The lowest BCUT2D eigenvalue weighted by atomic mass is 9.89. The number of amides is 1. The van der Waals surface area contributed by atoms with Gasteiger partial charge in [-0.05, 0) is 42.5 Å². The fourth-order valence-electron chi connectivity index (χ4n) is 4.10. The molecule has 0 saturated heterocycles. The molecule has 0 aliphatic carbocycles. The predicted molar refractivity (Wildman–Crippen MR) is 128 cm³/mol. The Bertz CT molecular complexity index is 1180. The second kappa shape index (κ2) is 8.00. The van der Waals surface area contributed by atoms with E-state index in [9.17, 15) is 4.79 Å². The van der Waals surface area contributed by atoms with Crippen molar-refractivity contribution >= 4 is 23.3 Å². The van der Waals surface area contributed by atoms with Gasteiger partial charge in [0.25, 0.3) is 0 Å². The Kier molecular flexibility index (Phi) is 5.61. The number of aromatic nitrogens is 4. The van der Waals surface area contributed by atoms with Gasteiger partial charge in [0.15, 0.2) is 0 Å². The van der Waals surface area contributed by atoms with Crippen LogP contribution in [0.3, 0.4) is 0 Å². The van der Waals surface area contributed by atoms with Crippen molar-refractivity contribution in [2.75, 3.05) is 5.32 Å². The number of pyridine rings is 2. The predicted octanol–water partition coefficient (Wildman–Crippen LogP) is 5.62. The molecule has 1 amide bonds. The first-order valence-corrected chi connectivity index (χ1v) is 11.3. The Labute approximate surface area is 194 Å². The molecule has 6 nitrogen and oxygen atoms in total. The van der Waals surface area contributed by atoms with Crippen LogP contribution < -0.4 is 5.32 Å². The van der Waals surface area contributed by atoms with Crippen LogP contribution >= 0.6 is 11.6 Å². The molecule has 3 aromatic heterocycles. The van der Waals surface area contributed by atoms with Gasteiger partial charge in [-0.1, -0.05) is 46.2 Å². The van der Waals surface area contributed by atoms with Crippen molar-refractivity contribution in [2.24, 2.45) is 5.41 Å². The van der Waals surface area contributed by atoms with E-state index in [4.69, 9.17) is 11.6 Å². The van der Waals surface area contributed by atoms with E-state index in [0.29, 0.717) is 10.8 Å². The number of hydrogen-bond donors (Lipinski definition) is 1. The molecule has 32 heavy (non-hydrogen) atoms. The van der Waals surface area contributed by atoms with Crippen LogP contribution in [0.1, 0.15) is 64.4 Å². The van der Waals surface area contributed by atoms with Crippen molar-refractivity contribution in [2.45, 2.75) is 65.8 Å². The molecule has 4 heterocycles. The van der Waals surface area contributed by atoms with Gasteiger partial charge in [-0.2, -0.15) is 5.10 Å². The second-order valence-corrected chi connectivity index (χ2v) is 10.9. The Morgan fingerprint density at radius 1 is 1.19 bits per heavy atom. The van der Waals surface area contributed by atoms with Gasteiger partial charge in [-0.25, -0.2) is 4.98 Å². The molecule has 1 aliphatic heterocycles. The van der Waals surface area contributed by atoms with Crippen molar-refractivity contribution in [3.63, 3.8) is 0 Å². The molecule has 168 valence electrons. The molecule has 4 rings (SSSR count). The summed E-state index contributed by atoms with van der Waals surface area (Å²) < 4.78 is 2.04. The number of hydrogen-bond acceptors (Lipinski definition) is 4. The summed E-state index contributed by atoms with van der Waals surface area (Å²) in [5.74, 6) is 0.00276. The highest BCUT2D eigenvalue weighted by atomic mass is 35.5. The standard InChI is InChI=1S/C25H30ClN5O/c1-15(16-7-8-27-21(9-16)24(2,3)4)23(32)30-22-10-17(19(26)13-28-22)18-12-29-31-14-25(5,6)11-20(18)31/h7-10,12-13,15H,11,14H2,1-6H3,(H,28,30,32)/t15-/m0/s1.